The Morgan fingerprint density at radius 3 is 2.44 bits per heavy atom. The molecule has 100 valence electrons. The van der Waals surface area contributed by atoms with Crippen molar-refractivity contribution in [3.8, 4) is 0 Å². The van der Waals surface area contributed by atoms with Gasteiger partial charge in [0.05, 0.1) is 16.9 Å². The summed E-state index contributed by atoms with van der Waals surface area (Å²) in [5.74, 6) is 0. The van der Waals surface area contributed by atoms with Gasteiger partial charge in [-0.1, -0.05) is 32.9 Å². The van der Waals surface area contributed by atoms with Crippen LogP contribution in [0.1, 0.15) is 46.1 Å². The molecule has 18 heavy (non-hydrogen) atoms. The van der Waals surface area contributed by atoms with Crippen molar-refractivity contribution in [3.05, 3.63) is 23.8 Å². The van der Waals surface area contributed by atoms with Crippen molar-refractivity contribution >= 4 is 11.4 Å². The molecule has 0 spiro atoms. The molecule has 1 N–H and O–H groups in total. The molecule has 0 unspecified atom stereocenters. The number of nitrogens with one attached hydrogen (secondary N) is 1. The maximum Gasteiger partial charge on any atom is 0.0611 e. The van der Waals surface area contributed by atoms with E-state index in [-0.39, 0.29) is 5.54 Å². The van der Waals surface area contributed by atoms with Crippen molar-refractivity contribution in [2.45, 2.75) is 52.5 Å². The van der Waals surface area contributed by atoms with Crippen LogP contribution < -0.4 is 10.2 Å². The Balaban J connectivity index is 2.50. The van der Waals surface area contributed by atoms with Crippen molar-refractivity contribution in [3.63, 3.8) is 0 Å². The van der Waals surface area contributed by atoms with Gasteiger partial charge in [0.1, 0.15) is 0 Å². The molecule has 2 rings (SSSR count). The van der Waals surface area contributed by atoms with E-state index in [0.29, 0.717) is 0 Å². The predicted octanol–water partition coefficient (Wildman–Crippen LogP) is 4.06. The number of hydrogen-bond acceptors (Lipinski definition) is 2. The normalized spacial score (nSPS) is 17.2. The third-order valence-electron chi connectivity index (χ3n) is 4.60. The summed E-state index contributed by atoms with van der Waals surface area (Å²) in [6.07, 6.45) is 3.49. The molecular formula is C16H26N2. The van der Waals surface area contributed by atoms with Crippen molar-refractivity contribution in [1.82, 2.24) is 0 Å². The SMILES string of the molecule is CCc1cccc2c1NCC(CC)(CC)N2CC. The second-order valence-corrected chi connectivity index (χ2v) is 5.19. The van der Waals surface area contributed by atoms with Crippen LogP contribution in [-0.4, -0.2) is 18.6 Å². The van der Waals surface area contributed by atoms with E-state index in [2.05, 4.69) is 56.1 Å². The van der Waals surface area contributed by atoms with Crippen molar-refractivity contribution < 1.29 is 0 Å². The smallest absolute Gasteiger partial charge is 0.0611 e. The van der Waals surface area contributed by atoms with Crippen LogP contribution in [0.5, 0.6) is 0 Å². The average molecular weight is 246 g/mol. The summed E-state index contributed by atoms with van der Waals surface area (Å²) >= 11 is 0. The van der Waals surface area contributed by atoms with Gasteiger partial charge in [0, 0.05) is 13.1 Å². The average Bonchev–Trinajstić information content (AvgIpc) is 2.45. The Labute approximate surface area is 111 Å². The molecule has 0 fully saturated rings. The molecule has 0 atom stereocenters. The van der Waals surface area contributed by atoms with Gasteiger partial charge >= 0.3 is 0 Å². The monoisotopic (exact) mass is 246 g/mol. The van der Waals surface area contributed by atoms with Crippen LogP contribution in [0.15, 0.2) is 18.2 Å². The summed E-state index contributed by atoms with van der Waals surface area (Å²) < 4.78 is 0. The highest BCUT2D eigenvalue weighted by Gasteiger charge is 2.37. The third kappa shape index (κ3) is 1.88. The van der Waals surface area contributed by atoms with Gasteiger partial charge in [0.15, 0.2) is 0 Å². The maximum absolute atomic E-state index is 3.70. The van der Waals surface area contributed by atoms with Gasteiger partial charge in [-0.2, -0.15) is 0 Å². The zero-order valence-corrected chi connectivity index (χ0v) is 12.2. The first kappa shape index (κ1) is 13.3. The quantitative estimate of drug-likeness (QED) is 0.862. The highest BCUT2D eigenvalue weighted by Crippen LogP contribution is 2.41. The van der Waals surface area contributed by atoms with Gasteiger partial charge in [0.25, 0.3) is 0 Å². The van der Waals surface area contributed by atoms with E-state index in [9.17, 15) is 0 Å². The number of benzene rings is 1. The maximum atomic E-state index is 3.70. The number of rotatable bonds is 4. The second-order valence-electron chi connectivity index (χ2n) is 5.19. The summed E-state index contributed by atoms with van der Waals surface area (Å²) in [4.78, 5) is 2.61. The van der Waals surface area contributed by atoms with E-state index >= 15 is 0 Å². The first-order chi connectivity index (χ1) is 8.72. The van der Waals surface area contributed by atoms with E-state index in [0.717, 1.165) is 19.5 Å². The second kappa shape index (κ2) is 5.21. The molecule has 0 aliphatic carbocycles. The van der Waals surface area contributed by atoms with E-state index in [1.807, 2.05) is 0 Å². The van der Waals surface area contributed by atoms with E-state index in [1.54, 1.807) is 0 Å². The van der Waals surface area contributed by atoms with Crippen LogP contribution in [0.2, 0.25) is 0 Å². The number of fused-ring (bicyclic) bond motifs is 1. The molecule has 2 nitrogen and oxygen atoms in total. The fraction of sp³-hybridized carbons (Fsp3) is 0.625. The number of hydrogen-bond donors (Lipinski definition) is 1. The summed E-state index contributed by atoms with van der Waals surface area (Å²) in [5.41, 5.74) is 4.48. The largest absolute Gasteiger partial charge is 0.381 e. The molecular weight excluding hydrogens is 220 g/mol. The third-order valence-corrected chi connectivity index (χ3v) is 4.60. The van der Waals surface area contributed by atoms with Gasteiger partial charge in [-0.3, -0.25) is 0 Å². The molecule has 0 saturated carbocycles. The first-order valence-electron chi connectivity index (χ1n) is 7.35. The molecule has 1 aromatic rings. The van der Waals surface area contributed by atoms with Crippen LogP contribution >= 0.6 is 0 Å². The lowest BCUT2D eigenvalue weighted by atomic mass is 9.86. The zero-order valence-electron chi connectivity index (χ0n) is 12.2. The predicted molar refractivity (Wildman–Crippen MR) is 80.6 cm³/mol. The number of likely N-dealkylation sites (N-methyl/N-ethyl adjacent to an activating group) is 1. The van der Waals surface area contributed by atoms with E-state index in [4.69, 9.17) is 0 Å². The van der Waals surface area contributed by atoms with Crippen LogP contribution in [-0.2, 0) is 6.42 Å². The summed E-state index contributed by atoms with van der Waals surface area (Å²) in [6, 6.07) is 6.71. The minimum atomic E-state index is 0.286. The van der Waals surface area contributed by atoms with Gasteiger partial charge in [-0.15, -0.1) is 0 Å². The molecule has 0 amide bonds. The summed E-state index contributed by atoms with van der Waals surface area (Å²) in [6.45, 7) is 11.3. The highest BCUT2D eigenvalue weighted by molar-refractivity contribution is 5.77. The van der Waals surface area contributed by atoms with Crippen molar-refractivity contribution in [1.29, 1.82) is 0 Å². The lowest BCUT2D eigenvalue weighted by molar-refractivity contribution is 0.374. The van der Waals surface area contributed by atoms with E-state index < -0.39 is 0 Å². The van der Waals surface area contributed by atoms with Crippen molar-refractivity contribution in [2.75, 3.05) is 23.3 Å². The van der Waals surface area contributed by atoms with Gasteiger partial charge < -0.3 is 10.2 Å². The molecule has 2 heteroatoms. The van der Waals surface area contributed by atoms with Gasteiger partial charge in [-0.25, -0.2) is 0 Å². The van der Waals surface area contributed by atoms with Crippen LogP contribution in [0.4, 0.5) is 11.4 Å². The molecule has 1 aromatic carbocycles. The number of nitrogens with zero attached hydrogens (tertiary/aromatic N) is 1. The standard InChI is InChI=1S/C16H26N2/c1-5-13-10-9-11-14-15(13)17-12-16(6-2,7-3)18(14)8-4/h9-11,17H,5-8,12H2,1-4H3. The number of aryl methyl sites for hydroxylation is 1. The Hall–Kier alpha value is -1.18. The lowest BCUT2D eigenvalue weighted by Gasteiger charge is -2.49. The van der Waals surface area contributed by atoms with Crippen molar-refractivity contribution in [2.24, 2.45) is 0 Å². The van der Waals surface area contributed by atoms with Gasteiger partial charge in [-0.05, 0) is 37.8 Å². The van der Waals surface area contributed by atoms with E-state index in [1.165, 1.54) is 29.8 Å². The summed E-state index contributed by atoms with van der Waals surface area (Å²) in [5, 5.41) is 3.70. The molecule has 0 aromatic heterocycles. The Bertz CT molecular complexity index is 408. The molecule has 1 aliphatic rings. The Morgan fingerprint density at radius 1 is 1.17 bits per heavy atom. The molecule has 1 heterocycles. The highest BCUT2D eigenvalue weighted by atomic mass is 15.3. The molecule has 0 saturated heterocycles. The number of para-hydroxylation sites is 1. The Kier molecular flexibility index (Phi) is 3.84. The van der Waals surface area contributed by atoms with Gasteiger partial charge in [0.2, 0.25) is 0 Å². The fourth-order valence-corrected chi connectivity index (χ4v) is 3.30. The number of anilines is 2. The molecule has 1 aliphatic heterocycles. The molecule has 0 radical (unpaired) electrons. The summed E-state index contributed by atoms with van der Waals surface area (Å²) in [7, 11) is 0. The lowest BCUT2D eigenvalue weighted by Crippen LogP contribution is -2.55. The zero-order chi connectivity index (χ0) is 13.2. The van der Waals surface area contributed by atoms with Crippen LogP contribution in [0, 0.1) is 0 Å². The Morgan fingerprint density at radius 2 is 1.89 bits per heavy atom. The minimum absolute atomic E-state index is 0.286. The topological polar surface area (TPSA) is 15.3 Å². The molecule has 0 bridgehead atoms. The first-order valence-corrected chi connectivity index (χ1v) is 7.35. The van der Waals surface area contributed by atoms with Crippen LogP contribution in [0.25, 0.3) is 0 Å². The minimum Gasteiger partial charge on any atom is -0.381 e. The fourth-order valence-electron chi connectivity index (χ4n) is 3.30. The van der Waals surface area contributed by atoms with Crippen LogP contribution in [0.3, 0.4) is 0 Å².